The minimum atomic E-state index is -4.30. The Morgan fingerprint density at radius 3 is 1.57 bits per heavy atom. The van der Waals surface area contributed by atoms with Crippen molar-refractivity contribution in [3.63, 3.8) is 0 Å². The van der Waals surface area contributed by atoms with E-state index in [1.807, 2.05) is 12.1 Å². The molecule has 0 amide bonds. The number of phosphoric acid groups is 1. The minimum absolute atomic E-state index is 0.0796. The predicted octanol–water partition coefficient (Wildman–Crippen LogP) is 6.82. The standard InChI is InChI=1S/C14H11Br4O4P/c15-13(16)9-3-1-5-11(7-9)21-23(19,20)22-12-6-2-4-10(8-12)14(17)18/h1-8,13-14H,(H,19,20). The molecule has 0 saturated heterocycles. The second-order valence-corrected chi connectivity index (χ2v) is 11.8. The van der Waals surface area contributed by atoms with Crippen LogP contribution >= 0.6 is 71.5 Å². The Labute approximate surface area is 167 Å². The zero-order valence-corrected chi connectivity index (χ0v) is 18.6. The summed E-state index contributed by atoms with van der Waals surface area (Å²) in [7, 11) is -4.30. The van der Waals surface area contributed by atoms with Gasteiger partial charge in [0.05, 0.1) is 7.47 Å². The van der Waals surface area contributed by atoms with Crippen LogP contribution in [0.3, 0.4) is 0 Å². The van der Waals surface area contributed by atoms with Crippen molar-refractivity contribution in [2.24, 2.45) is 0 Å². The van der Waals surface area contributed by atoms with Gasteiger partial charge in [-0.25, -0.2) is 4.57 Å². The Hall–Kier alpha value is 0.150. The molecule has 23 heavy (non-hydrogen) atoms. The average molecular weight is 594 g/mol. The zero-order valence-electron chi connectivity index (χ0n) is 11.4. The molecule has 0 radical (unpaired) electrons. The normalized spacial score (nSPS) is 11.8. The van der Waals surface area contributed by atoms with E-state index >= 15 is 0 Å². The molecule has 9 heteroatoms. The van der Waals surface area contributed by atoms with E-state index in [9.17, 15) is 9.46 Å². The third-order valence-electron chi connectivity index (χ3n) is 2.66. The Morgan fingerprint density at radius 1 is 0.826 bits per heavy atom. The van der Waals surface area contributed by atoms with Gasteiger partial charge in [-0.1, -0.05) is 88.0 Å². The number of rotatable bonds is 6. The van der Waals surface area contributed by atoms with Gasteiger partial charge in [-0.05, 0) is 35.4 Å². The van der Waals surface area contributed by atoms with E-state index in [-0.39, 0.29) is 19.0 Å². The molecule has 0 aliphatic carbocycles. The van der Waals surface area contributed by atoms with Crippen LogP contribution < -0.4 is 9.05 Å². The van der Waals surface area contributed by atoms with Crippen molar-refractivity contribution in [1.29, 1.82) is 0 Å². The van der Waals surface area contributed by atoms with Gasteiger partial charge < -0.3 is 9.05 Å². The lowest BCUT2D eigenvalue weighted by molar-refractivity contribution is 0.291. The van der Waals surface area contributed by atoms with Gasteiger partial charge in [0.25, 0.3) is 0 Å². The van der Waals surface area contributed by atoms with Crippen molar-refractivity contribution < 1.29 is 18.5 Å². The molecule has 0 heterocycles. The SMILES string of the molecule is O=P(O)(Oc1cccc(C(Br)Br)c1)Oc1cccc(C(Br)Br)c1. The molecule has 2 rings (SSSR count). The van der Waals surface area contributed by atoms with Gasteiger partial charge in [-0.3, -0.25) is 4.89 Å². The van der Waals surface area contributed by atoms with Crippen molar-refractivity contribution in [3.8, 4) is 11.5 Å². The highest BCUT2D eigenvalue weighted by molar-refractivity contribution is 9.24. The predicted molar refractivity (Wildman–Crippen MR) is 105 cm³/mol. The van der Waals surface area contributed by atoms with E-state index in [0.717, 1.165) is 11.1 Å². The van der Waals surface area contributed by atoms with Gasteiger partial charge in [0.15, 0.2) is 0 Å². The molecule has 0 bridgehead atoms. The summed E-state index contributed by atoms with van der Waals surface area (Å²) in [6.07, 6.45) is 0. The van der Waals surface area contributed by atoms with Crippen LogP contribution in [-0.4, -0.2) is 4.89 Å². The van der Waals surface area contributed by atoms with Gasteiger partial charge in [0, 0.05) is 0 Å². The number of hydrogen-bond donors (Lipinski definition) is 1. The van der Waals surface area contributed by atoms with Crippen LogP contribution in [0.25, 0.3) is 0 Å². The first kappa shape index (κ1) is 19.5. The summed E-state index contributed by atoms with van der Waals surface area (Å²) < 4.78 is 22.3. The monoisotopic (exact) mass is 590 g/mol. The van der Waals surface area contributed by atoms with Crippen LogP contribution in [0.5, 0.6) is 11.5 Å². The fourth-order valence-electron chi connectivity index (χ4n) is 1.70. The second kappa shape index (κ2) is 8.50. The summed E-state index contributed by atoms with van der Waals surface area (Å²) in [4.78, 5) is 9.94. The lowest BCUT2D eigenvalue weighted by Crippen LogP contribution is -2.00. The number of phosphoric ester groups is 1. The van der Waals surface area contributed by atoms with Crippen molar-refractivity contribution in [2.75, 3.05) is 0 Å². The van der Waals surface area contributed by atoms with Crippen LogP contribution in [0.4, 0.5) is 0 Å². The third kappa shape index (κ3) is 6.18. The van der Waals surface area contributed by atoms with Crippen molar-refractivity contribution in [2.45, 2.75) is 7.47 Å². The maximum atomic E-state index is 12.2. The molecule has 124 valence electrons. The fraction of sp³-hybridized carbons (Fsp3) is 0.143. The molecule has 0 unspecified atom stereocenters. The smallest absolute Gasteiger partial charge is 0.395 e. The summed E-state index contributed by atoms with van der Waals surface area (Å²) in [5.74, 6) is 0.486. The molecule has 0 saturated carbocycles. The summed E-state index contributed by atoms with van der Waals surface area (Å²) >= 11 is 13.4. The highest BCUT2D eigenvalue weighted by Gasteiger charge is 2.25. The highest BCUT2D eigenvalue weighted by Crippen LogP contribution is 2.45. The van der Waals surface area contributed by atoms with Gasteiger partial charge >= 0.3 is 7.82 Å². The van der Waals surface area contributed by atoms with Crippen LogP contribution in [0.2, 0.25) is 0 Å². The van der Waals surface area contributed by atoms with E-state index in [1.54, 1.807) is 36.4 Å². The summed E-state index contributed by atoms with van der Waals surface area (Å²) in [6.45, 7) is 0. The zero-order chi connectivity index (χ0) is 17.0. The Bertz CT molecular complexity index is 666. The maximum Gasteiger partial charge on any atom is 0.584 e. The van der Waals surface area contributed by atoms with Gasteiger partial charge in [0.2, 0.25) is 0 Å². The summed E-state index contributed by atoms with van der Waals surface area (Å²) in [6, 6.07) is 13.6. The number of hydrogen-bond acceptors (Lipinski definition) is 3. The van der Waals surface area contributed by atoms with E-state index in [1.165, 1.54) is 0 Å². The van der Waals surface area contributed by atoms with Crippen molar-refractivity contribution in [3.05, 3.63) is 59.7 Å². The van der Waals surface area contributed by atoms with E-state index in [0.29, 0.717) is 0 Å². The molecule has 0 fully saturated rings. The van der Waals surface area contributed by atoms with Gasteiger partial charge in [0.1, 0.15) is 11.5 Å². The first-order valence-corrected chi connectivity index (χ1v) is 11.4. The lowest BCUT2D eigenvalue weighted by Gasteiger charge is -2.15. The van der Waals surface area contributed by atoms with Crippen LogP contribution in [-0.2, 0) is 4.57 Å². The fourth-order valence-corrected chi connectivity index (χ4v) is 3.64. The van der Waals surface area contributed by atoms with E-state index in [2.05, 4.69) is 63.7 Å². The van der Waals surface area contributed by atoms with Crippen LogP contribution in [0.1, 0.15) is 18.6 Å². The van der Waals surface area contributed by atoms with Gasteiger partial charge in [-0.15, -0.1) is 0 Å². The average Bonchev–Trinajstić information content (AvgIpc) is 2.46. The molecule has 0 atom stereocenters. The van der Waals surface area contributed by atoms with Crippen LogP contribution in [0, 0.1) is 0 Å². The number of alkyl halides is 4. The van der Waals surface area contributed by atoms with Crippen molar-refractivity contribution in [1.82, 2.24) is 0 Å². The Morgan fingerprint density at radius 2 is 1.22 bits per heavy atom. The van der Waals surface area contributed by atoms with Gasteiger partial charge in [-0.2, -0.15) is 0 Å². The molecule has 1 N–H and O–H groups in total. The third-order valence-corrected chi connectivity index (χ3v) is 5.66. The molecular formula is C14H11Br4O4P. The van der Waals surface area contributed by atoms with Crippen LogP contribution in [0.15, 0.2) is 48.5 Å². The molecule has 4 nitrogen and oxygen atoms in total. The molecule has 2 aromatic rings. The first-order valence-electron chi connectivity index (χ1n) is 6.25. The summed E-state index contributed by atoms with van der Waals surface area (Å²) in [5, 5.41) is 0. The van der Waals surface area contributed by atoms with E-state index in [4.69, 9.17) is 9.05 Å². The highest BCUT2D eigenvalue weighted by atomic mass is 79.9. The molecular weight excluding hydrogens is 583 g/mol. The second-order valence-electron chi connectivity index (χ2n) is 4.40. The van der Waals surface area contributed by atoms with Crippen molar-refractivity contribution >= 4 is 71.5 Å². The topological polar surface area (TPSA) is 55.8 Å². The minimum Gasteiger partial charge on any atom is -0.395 e. The maximum absolute atomic E-state index is 12.2. The molecule has 2 aromatic carbocycles. The summed E-state index contributed by atoms with van der Waals surface area (Å²) in [5.41, 5.74) is 1.71. The molecule has 0 aliphatic rings. The molecule has 0 spiro atoms. The first-order chi connectivity index (χ1) is 10.8. The number of benzene rings is 2. The Balaban J connectivity index is 2.14. The largest absolute Gasteiger partial charge is 0.584 e. The van der Waals surface area contributed by atoms with E-state index < -0.39 is 7.82 Å². The molecule has 0 aromatic heterocycles. The number of halogens is 4. The Kier molecular flexibility index (Phi) is 7.19. The molecule has 0 aliphatic heterocycles. The quantitative estimate of drug-likeness (QED) is 0.295. The lowest BCUT2D eigenvalue weighted by atomic mass is 10.2.